The van der Waals surface area contributed by atoms with Crippen molar-refractivity contribution in [3.63, 3.8) is 0 Å². The normalized spacial score (nSPS) is 11.8. The summed E-state index contributed by atoms with van der Waals surface area (Å²) in [5.74, 6) is 0. The van der Waals surface area contributed by atoms with Crippen LogP contribution in [0.2, 0.25) is 0 Å². The molecule has 0 bridgehead atoms. The van der Waals surface area contributed by atoms with E-state index < -0.39 is 0 Å². The molecule has 0 atom stereocenters. The molecular weight excluding hydrogens is 1580 g/mol. The predicted molar refractivity (Wildman–Crippen MR) is 542 cm³/mol. The summed E-state index contributed by atoms with van der Waals surface area (Å²) in [6.45, 7) is 0. The van der Waals surface area contributed by atoms with E-state index in [4.69, 9.17) is 24.9 Å². The van der Waals surface area contributed by atoms with Gasteiger partial charge in [0.25, 0.3) is 0 Å². The van der Waals surface area contributed by atoms with Crippen molar-refractivity contribution in [3.8, 4) is 134 Å². The number of para-hydroxylation sites is 1. The second kappa shape index (κ2) is 34.0. The SMILES string of the molecule is C1=Cc2c(c(-c3cc(-c4cc(-c5ccccc5)nc(-c5ccccc5)c4)cc(-c4ccc(-c5ccccc5)cn4)c3)cc3ccccc23)CC1.c1ccc(-c2ccc3c(-c4ccc(-c5cccc6cccnc56)cc4)cc(-c4ccc5ccccc5c4)nc3c2)cc1.c1cnc2c(c1)ccc1ccc(-c3ccc4ccc(-c5ccc6ccc7cccnc7c6n5)cc4c3)nc12. The number of rotatable bonds is 12. The highest BCUT2D eigenvalue weighted by atomic mass is 14.8. The van der Waals surface area contributed by atoms with Gasteiger partial charge in [0.15, 0.2) is 0 Å². The number of pyridine rings is 8. The molecule has 0 aliphatic heterocycles. The van der Waals surface area contributed by atoms with Crippen LogP contribution in [0, 0.1) is 0 Å². The number of fused-ring (bicyclic) bond motifs is 13. The van der Waals surface area contributed by atoms with Gasteiger partial charge >= 0.3 is 0 Å². The minimum absolute atomic E-state index is 0.927. The van der Waals surface area contributed by atoms with Crippen LogP contribution in [0.1, 0.15) is 17.5 Å². The van der Waals surface area contributed by atoms with E-state index in [2.05, 4.69) is 427 Å². The van der Waals surface area contributed by atoms with Crippen molar-refractivity contribution in [2.75, 3.05) is 0 Å². The first-order valence-corrected chi connectivity index (χ1v) is 44.2. The average molecular weight is 1660 g/mol. The summed E-state index contributed by atoms with van der Waals surface area (Å²) in [6.07, 6.45) is 14.2. The molecule has 0 fully saturated rings. The van der Waals surface area contributed by atoms with E-state index in [1.54, 1.807) is 0 Å². The van der Waals surface area contributed by atoms with Crippen molar-refractivity contribution < 1.29 is 0 Å². The van der Waals surface area contributed by atoms with Crippen LogP contribution >= 0.6 is 0 Å². The van der Waals surface area contributed by atoms with Gasteiger partial charge in [0.2, 0.25) is 0 Å². The van der Waals surface area contributed by atoms with Gasteiger partial charge in [-0.2, -0.15) is 0 Å². The quantitative estimate of drug-likeness (QED) is 0.111. The standard InChI is InChI=1S/C48H34N2.C40H26N2.C34H20N4/c1-4-14-33(15-5-1)37-24-25-46(49-32-37)41-27-38(26-40(28-41)45-29-36-20-10-11-21-42(36)43-22-12-13-23-44(43)45)39-30-47(34-16-6-2-7-17-34)50-48(31-39)35-18-8-3-9-19-35;1-2-8-27(9-3-1)33-21-22-36-37(26-38(42-39(36)25-33)34-20-15-28-10-4-5-11-32(28)24-34)30-18-16-29(17-19-30)35-14-6-12-31-13-7-23-41-40(31)35;1-3-22-7-9-24-13-15-29(37-33(24)31(22)35-17-1)26-11-5-21-6-12-27(20-28(21)19-26)30-16-14-25-10-8-23-4-2-18-36-32(23)34(25)38-30/h1-12,14-22,24-32H,13,23H2;1-26H;1-20H. The molecule has 0 amide bonds. The van der Waals surface area contributed by atoms with Gasteiger partial charge in [-0.15, -0.1) is 0 Å². The second-order valence-corrected chi connectivity index (χ2v) is 33.2. The molecule has 24 aromatic rings. The molecular formula is C122H80N8. The van der Waals surface area contributed by atoms with E-state index in [9.17, 15) is 0 Å². The van der Waals surface area contributed by atoms with Gasteiger partial charge in [0, 0.05) is 102 Å². The van der Waals surface area contributed by atoms with Gasteiger partial charge in [-0.05, 0) is 215 Å². The minimum atomic E-state index is 0.927. The highest BCUT2D eigenvalue weighted by Crippen LogP contribution is 2.44. The second-order valence-electron chi connectivity index (χ2n) is 33.2. The Morgan fingerprint density at radius 2 is 0.623 bits per heavy atom. The van der Waals surface area contributed by atoms with Crippen molar-refractivity contribution >= 4 is 104 Å². The number of nitrogens with zero attached hydrogens (tertiary/aromatic N) is 8. The highest BCUT2D eigenvalue weighted by Gasteiger charge is 2.21. The Morgan fingerprint density at radius 1 is 0.185 bits per heavy atom. The lowest BCUT2D eigenvalue weighted by Gasteiger charge is -2.20. The van der Waals surface area contributed by atoms with Crippen LogP contribution in [0.15, 0.2) is 456 Å². The molecule has 0 unspecified atom stereocenters. The van der Waals surface area contributed by atoms with Crippen molar-refractivity contribution in [2.24, 2.45) is 0 Å². The first kappa shape index (κ1) is 77.6. The Hall–Kier alpha value is -17.2. The van der Waals surface area contributed by atoms with Crippen LogP contribution in [0.4, 0.5) is 0 Å². The summed E-state index contributed by atoms with van der Waals surface area (Å²) in [5.41, 5.74) is 34.7. The summed E-state index contributed by atoms with van der Waals surface area (Å²) >= 11 is 0. The van der Waals surface area contributed by atoms with Crippen molar-refractivity contribution in [3.05, 3.63) is 467 Å². The third-order valence-electron chi connectivity index (χ3n) is 25.2. The van der Waals surface area contributed by atoms with Crippen molar-refractivity contribution in [2.45, 2.75) is 12.8 Å². The van der Waals surface area contributed by atoms with Crippen LogP contribution in [0.25, 0.3) is 238 Å². The molecule has 8 nitrogen and oxygen atoms in total. The summed E-state index contributed by atoms with van der Waals surface area (Å²) in [5, 5.41) is 14.0. The summed E-state index contributed by atoms with van der Waals surface area (Å²) in [4.78, 5) is 39.4. The van der Waals surface area contributed by atoms with Crippen LogP contribution < -0.4 is 0 Å². The molecule has 0 N–H and O–H groups in total. The summed E-state index contributed by atoms with van der Waals surface area (Å²) in [7, 11) is 0. The van der Waals surface area contributed by atoms with Gasteiger partial charge in [-0.1, -0.05) is 334 Å². The van der Waals surface area contributed by atoms with E-state index in [1.165, 1.54) is 60.3 Å². The lowest BCUT2D eigenvalue weighted by atomic mass is 9.84. The molecule has 608 valence electrons. The number of benzene rings is 16. The smallest absolute Gasteiger partial charge is 0.0972 e. The van der Waals surface area contributed by atoms with Gasteiger partial charge in [0.1, 0.15) is 0 Å². The topological polar surface area (TPSA) is 103 Å². The molecule has 25 rings (SSSR count). The Kier molecular flexibility index (Phi) is 20.3. The number of hydrogen-bond acceptors (Lipinski definition) is 8. The Labute approximate surface area is 752 Å². The number of hydrogen-bond donors (Lipinski definition) is 0. The van der Waals surface area contributed by atoms with E-state index >= 15 is 0 Å². The molecule has 0 saturated heterocycles. The van der Waals surface area contributed by atoms with Crippen molar-refractivity contribution in [1.29, 1.82) is 0 Å². The maximum atomic E-state index is 5.22. The highest BCUT2D eigenvalue weighted by molar-refractivity contribution is 6.07. The third kappa shape index (κ3) is 15.4. The van der Waals surface area contributed by atoms with Crippen LogP contribution in [0.5, 0.6) is 0 Å². The Balaban J connectivity index is 0.000000112. The first-order chi connectivity index (χ1) is 64.4. The van der Waals surface area contributed by atoms with Crippen LogP contribution in [-0.2, 0) is 6.42 Å². The maximum absolute atomic E-state index is 5.22. The van der Waals surface area contributed by atoms with Crippen molar-refractivity contribution in [1.82, 2.24) is 39.9 Å². The number of allylic oxidation sites excluding steroid dienone is 1. The zero-order valence-electron chi connectivity index (χ0n) is 70.9. The Morgan fingerprint density at radius 3 is 1.24 bits per heavy atom. The molecule has 0 radical (unpaired) electrons. The lowest BCUT2D eigenvalue weighted by molar-refractivity contribution is 0.992. The van der Waals surface area contributed by atoms with Gasteiger partial charge < -0.3 is 0 Å². The largest absolute Gasteiger partial charge is 0.256 e. The van der Waals surface area contributed by atoms with Gasteiger partial charge in [0.05, 0.1) is 67.3 Å². The fraction of sp³-hybridized carbons (Fsp3) is 0.0164. The molecule has 8 aromatic heterocycles. The van der Waals surface area contributed by atoms with Gasteiger partial charge in [-0.25, -0.2) is 19.9 Å². The van der Waals surface area contributed by atoms with Crippen LogP contribution in [0.3, 0.4) is 0 Å². The van der Waals surface area contributed by atoms with Crippen LogP contribution in [-0.4, -0.2) is 39.9 Å². The lowest BCUT2D eigenvalue weighted by Crippen LogP contribution is -2.00. The average Bonchev–Trinajstić information content (AvgIpc) is 0.757. The van der Waals surface area contributed by atoms with E-state index in [-0.39, 0.29) is 0 Å². The molecule has 0 saturated carbocycles. The molecule has 1 aliphatic rings. The summed E-state index contributed by atoms with van der Waals surface area (Å²) in [6, 6.07) is 150. The fourth-order valence-electron chi connectivity index (χ4n) is 18.5. The molecule has 8 heteroatoms. The Bertz CT molecular complexity index is 8300. The monoisotopic (exact) mass is 1660 g/mol. The minimum Gasteiger partial charge on any atom is -0.256 e. The third-order valence-corrected chi connectivity index (χ3v) is 25.2. The van der Waals surface area contributed by atoms with E-state index in [0.717, 1.165) is 196 Å². The predicted octanol–water partition coefficient (Wildman–Crippen LogP) is 31.6. The van der Waals surface area contributed by atoms with E-state index in [0.29, 0.717) is 0 Å². The fourth-order valence-corrected chi connectivity index (χ4v) is 18.5. The van der Waals surface area contributed by atoms with Gasteiger partial charge in [-0.3, -0.25) is 19.9 Å². The molecule has 0 spiro atoms. The first-order valence-electron chi connectivity index (χ1n) is 44.2. The zero-order valence-corrected chi connectivity index (χ0v) is 70.9. The number of aromatic nitrogens is 8. The molecule has 130 heavy (non-hydrogen) atoms. The zero-order chi connectivity index (χ0) is 86.2. The maximum Gasteiger partial charge on any atom is 0.0972 e. The summed E-state index contributed by atoms with van der Waals surface area (Å²) < 4.78 is 0. The molecule has 16 aromatic carbocycles. The molecule has 1 aliphatic carbocycles. The molecule has 8 heterocycles. The van der Waals surface area contributed by atoms with E-state index in [1.807, 2.05) is 49.1 Å².